The van der Waals surface area contributed by atoms with Gasteiger partial charge in [0.15, 0.2) is 12.6 Å². The Morgan fingerprint density at radius 2 is 2.13 bits per heavy atom. The highest BCUT2D eigenvalue weighted by Gasteiger charge is 2.59. The SMILES string of the molecule is C=C1C(=O)O[C@@H]2C[C@@H](C)[C@@H]3[C@@H](O)[C@H](OCC)O[C@@H](O)[C@@]3(C)C[C@H]12. The fraction of sp³-hybridized carbons (Fsp3) is 0.824. The molecule has 2 N–H and O–H groups in total. The minimum atomic E-state index is -1.07. The van der Waals surface area contributed by atoms with Gasteiger partial charge in [-0.15, -0.1) is 0 Å². The second-order valence-electron chi connectivity index (χ2n) is 7.33. The number of carbonyl (C=O) groups excluding carboxylic acids is 1. The van der Waals surface area contributed by atoms with Crippen LogP contribution >= 0.6 is 0 Å². The minimum Gasteiger partial charge on any atom is -0.458 e. The molecule has 6 heteroatoms. The molecule has 0 spiro atoms. The van der Waals surface area contributed by atoms with Gasteiger partial charge in [0.1, 0.15) is 12.2 Å². The first-order chi connectivity index (χ1) is 10.8. The third-order valence-corrected chi connectivity index (χ3v) is 5.86. The molecule has 3 rings (SSSR count). The molecule has 0 bridgehead atoms. The molecule has 2 saturated heterocycles. The van der Waals surface area contributed by atoms with E-state index in [1.54, 1.807) is 0 Å². The van der Waals surface area contributed by atoms with Gasteiger partial charge in [0, 0.05) is 29.4 Å². The number of carbonyl (C=O) groups is 1. The molecule has 8 atom stereocenters. The summed E-state index contributed by atoms with van der Waals surface area (Å²) in [5.41, 5.74) is -0.235. The first-order valence-corrected chi connectivity index (χ1v) is 8.32. The van der Waals surface area contributed by atoms with E-state index in [0.717, 1.165) is 0 Å². The number of rotatable bonds is 2. The van der Waals surface area contributed by atoms with E-state index in [1.807, 2.05) is 20.8 Å². The molecule has 0 aromatic heterocycles. The van der Waals surface area contributed by atoms with E-state index in [4.69, 9.17) is 14.2 Å². The average molecular weight is 326 g/mol. The van der Waals surface area contributed by atoms with Crippen molar-refractivity contribution in [3.05, 3.63) is 12.2 Å². The fourth-order valence-electron chi connectivity index (χ4n) is 4.74. The molecule has 0 radical (unpaired) electrons. The maximum atomic E-state index is 11.8. The van der Waals surface area contributed by atoms with Gasteiger partial charge in [-0.25, -0.2) is 4.79 Å². The van der Waals surface area contributed by atoms with Crippen molar-refractivity contribution in [1.29, 1.82) is 0 Å². The molecule has 0 aromatic carbocycles. The zero-order valence-electron chi connectivity index (χ0n) is 13.9. The molecule has 0 unspecified atom stereocenters. The van der Waals surface area contributed by atoms with Crippen LogP contribution in [0.4, 0.5) is 0 Å². The molecule has 0 amide bonds. The summed E-state index contributed by atoms with van der Waals surface area (Å²) in [6.07, 6.45) is -1.85. The smallest absolute Gasteiger partial charge is 0.334 e. The van der Waals surface area contributed by atoms with E-state index in [0.29, 0.717) is 25.0 Å². The lowest BCUT2D eigenvalue weighted by Gasteiger charge is -2.51. The van der Waals surface area contributed by atoms with Crippen LogP contribution in [0.3, 0.4) is 0 Å². The lowest BCUT2D eigenvalue weighted by molar-refractivity contribution is -0.350. The molecule has 2 aliphatic heterocycles. The van der Waals surface area contributed by atoms with E-state index >= 15 is 0 Å². The van der Waals surface area contributed by atoms with Crippen LogP contribution in [0, 0.1) is 23.2 Å². The molecule has 1 saturated carbocycles. The topological polar surface area (TPSA) is 85.2 Å². The quantitative estimate of drug-likeness (QED) is 0.586. The Morgan fingerprint density at radius 3 is 2.78 bits per heavy atom. The molecule has 130 valence electrons. The number of ether oxygens (including phenoxy) is 3. The Balaban J connectivity index is 1.95. The van der Waals surface area contributed by atoms with Crippen LogP contribution in [0.2, 0.25) is 0 Å². The minimum absolute atomic E-state index is 0.0465. The van der Waals surface area contributed by atoms with Gasteiger partial charge in [-0.05, 0) is 25.7 Å². The van der Waals surface area contributed by atoms with Gasteiger partial charge in [-0.3, -0.25) is 0 Å². The van der Waals surface area contributed by atoms with E-state index in [-0.39, 0.29) is 29.8 Å². The number of hydrogen-bond acceptors (Lipinski definition) is 6. The molecule has 0 aromatic rings. The lowest BCUT2D eigenvalue weighted by Crippen LogP contribution is -2.59. The van der Waals surface area contributed by atoms with Gasteiger partial charge in [0.25, 0.3) is 0 Å². The normalized spacial score (nSPS) is 50.0. The van der Waals surface area contributed by atoms with Crippen LogP contribution in [-0.4, -0.2) is 47.6 Å². The molecule has 3 aliphatic rings. The van der Waals surface area contributed by atoms with Crippen molar-refractivity contribution in [3.63, 3.8) is 0 Å². The van der Waals surface area contributed by atoms with Gasteiger partial charge < -0.3 is 24.4 Å². The van der Waals surface area contributed by atoms with Crippen molar-refractivity contribution >= 4 is 5.97 Å². The van der Waals surface area contributed by atoms with E-state index in [1.165, 1.54) is 0 Å². The Labute approximate surface area is 136 Å². The maximum Gasteiger partial charge on any atom is 0.334 e. The standard InChI is InChI=1S/C17H26O6/c1-5-21-15-13(18)12-8(2)6-11-10(9(3)14(19)22-11)7-17(12,4)16(20)23-15/h8,10-13,15-16,18,20H,3,5-7H2,1-2,4H3/t8-,10-,11-,12-,13-,15-,16-,17+/m1/s1. The number of aliphatic hydroxyl groups is 2. The van der Waals surface area contributed by atoms with Crippen molar-refractivity contribution in [2.24, 2.45) is 23.2 Å². The molecule has 2 heterocycles. The van der Waals surface area contributed by atoms with Gasteiger partial charge in [0.05, 0.1) is 0 Å². The summed E-state index contributed by atoms with van der Waals surface area (Å²) in [7, 11) is 0. The van der Waals surface area contributed by atoms with Crippen molar-refractivity contribution in [2.45, 2.75) is 58.4 Å². The predicted octanol–water partition coefficient (Wildman–Crippen LogP) is 1.21. The highest BCUT2D eigenvalue weighted by Crippen LogP contribution is 2.55. The molecule has 6 nitrogen and oxygen atoms in total. The summed E-state index contributed by atoms with van der Waals surface area (Å²) in [5.74, 6) is -0.660. The van der Waals surface area contributed by atoms with Crippen molar-refractivity contribution < 1.29 is 29.2 Å². The monoisotopic (exact) mass is 326 g/mol. The zero-order valence-corrected chi connectivity index (χ0v) is 13.9. The number of esters is 1. The second-order valence-corrected chi connectivity index (χ2v) is 7.33. The Bertz CT molecular complexity index is 505. The fourth-order valence-corrected chi connectivity index (χ4v) is 4.74. The number of fused-ring (bicyclic) bond motifs is 2. The van der Waals surface area contributed by atoms with Crippen LogP contribution in [0.15, 0.2) is 12.2 Å². The summed E-state index contributed by atoms with van der Waals surface area (Å²) < 4.78 is 16.4. The largest absolute Gasteiger partial charge is 0.458 e. The summed E-state index contributed by atoms with van der Waals surface area (Å²) >= 11 is 0. The highest BCUT2D eigenvalue weighted by molar-refractivity contribution is 5.90. The van der Waals surface area contributed by atoms with Crippen LogP contribution in [0.1, 0.15) is 33.6 Å². The summed E-state index contributed by atoms with van der Waals surface area (Å²) in [5, 5.41) is 21.4. The first-order valence-electron chi connectivity index (χ1n) is 8.32. The molecule has 3 fully saturated rings. The third kappa shape index (κ3) is 2.52. The van der Waals surface area contributed by atoms with E-state index < -0.39 is 24.1 Å². The predicted molar refractivity (Wildman–Crippen MR) is 81.0 cm³/mol. The highest BCUT2D eigenvalue weighted by atomic mass is 16.7. The first kappa shape index (κ1) is 16.9. The summed E-state index contributed by atoms with van der Waals surface area (Å²) in [6, 6.07) is 0. The molecular weight excluding hydrogens is 300 g/mol. The number of hydrogen-bond donors (Lipinski definition) is 2. The van der Waals surface area contributed by atoms with Crippen molar-refractivity contribution in [3.8, 4) is 0 Å². The molecular formula is C17H26O6. The van der Waals surface area contributed by atoms with Crippen LogP contribution in [0.25, 0.3) is 0 Å². The van der Waals surface area contributed by atoms with Crippen molar-refractivity contribution in [1.82, 2.24) is 0 Å². The van der Waals surface area contributed by atoms with Gasteiger partial charge in [-0.2, -0.15) is 0 Å². The lowest BCUT2D eigenvalue weighted by atomic mass is 9.64. The van der Waals surface area contributed by atoms with Gasteiger partial charge in [0.2, 0.25) is 0 Å². The maximum absolute atomic E-state index is 11.8. The Morgan fingerprint density at radius 1 is 1.43 bits per heavy atom. The Kier molecular flexibility index (Phi) is 4.29. The average Bonchev–Trinajstić information content (AvgIpc) is 2.66. The molecule has 23 heavy (non-hydrogen) atoms. The van der Waals surface area contributed by atoms with Crippen molar-refractivity contribution in [2.75, 3.05) is 6.61 Å². The van der Waals surface area contributed by atoms with Crippen LogP contribution in [-0.2, 0) is 19.0 Å². The summed E-state index contributed by atoms with van der Waals surface area (Å²) in [6.45, 7) is 10.00. The van der Waals surface area contributed by atoms with Crippen LogP contribution < -0.4 is 0 Å². The number of aliphatic hydroxyl groups excluding tert-OH is 2. The van der Waals surface area contributed by atoms with Gasteiger partial charge >= 0.3 is 5.97 Å². The Hall–Kier alpha value is -0.950. The van der Waals surface area contributed by atoms with E-state index in [9.17, 15) is 15.0 Å². The second kappa shape index (κ2) is 5.84. The van der Waals surface area contributed by atoms with Crippen LogP contribution in [0.5, 0.6) is 0 Å². The van der Waals surface area contributed by atoms with E-state index in [2.05, 4.69) is 6.58 Å². The summed E-state index contributed by atoms with van der Waals surface area (Å²) in [4.78, 5) is 11.8. The molecule has 1 aliphatic carbocycles. The zero-order chi connectivity index (χ0) is 16.9. The van der Waals surface area contributed by atoms with Gasteiger partial charge in [-0.1, -0.05) is 20.4 Å². The third-order valence-electron chi connectivity index (χ3n) is 5.86.